The molecule has 0 aromatic rings. The van der Waals surface area contributed by atoms with Crippen LogP contribution in [0.3, 0.4) is 0 Å². The molecule has 4 heterocycles. The van der Waals surface area contributed by atoms with Gasteiger partial charge in [-0.3, -0.25) is 71.8 Å². The van der Waals surface area contributed by atoms with Gasteiger partial charge in [-0.05, 0) is 6.42 Å². The van der Waals surface area contributed by atoms with E-state index < -0.39 is 300 Å². The van der Waals surface area contributed by atoms with Gasteiger partial charge in [-0.2, -0.15) is 84.2 Å². The van der Waals surface area contributed by atoms with Crippen LogP contribution in [0, 0.1) is 17.8 Å². The summed E-state index contributed by atoms with van der Waals surface area (Å²) in [6.07, 6.45) is -35.4. The van der Waals surface area contributed by atoms with E-state index in [-0.39, 0.29) is 84.9 Å². The molecule has 0 saturated carbocycles. The Morgan fingerprint density at radius 1 is 0.339 bits per heavy atom. The molecule has 4 N–H and O–H groups in total. The van der Waals surface area contributed by atoms with Crippen LogP contribution in [0.4, 0.5) is 0 Å². The van der Waals surface area contributed by atoms with Crippen LogP contribution in [-0.2, 0) is 395 Å². The van der Waals surface area contributed by atoms with E-state index in [1.807, 2.05) is 0 Å². The second-order valence-corrected chi connectivity index (χ2v) is 33.8. The van der Waals surface area contributed by atoms with Crippen LogP contribution in [-0.4, -0.2) is 333 Å². The summed E-state index contributed by atoms with van der Waals surface area (Å²) in [6, 6.07) is 0. The average Bonchev–Trinajstić information content (AvgIpc) is 1.60. The van der Waals surface area contributed by atoms with Crippen molar-refractivity contribution in [2.75, 3.05) is 87.9 Å². The molecule has 712 valence electrons. The zero-order valence-electron chi connectivity index (χ0n) is 58.4. The summed E-state index contributed by atoms with van der Waals surface area (Å²) >= 11 is 11.3. The van der Waals surface area contributed by atoms with Crippen molar-refractivity contribution in [2.45, 2.75) is 97.7 Å². The number of hydrogen-bond acceptors (Lipinski definition) is 70. The molecule has 4 fully saturated rings. The Morgan fingerprint density at radius 3 is 1.10 bits per heavy atom. The molecule has 0 aliphatic carbocycles. The van der Waals surface area contributed by atoms with E-state index >= 15 is 0 Å². The van der Waals surface area contributed by atoms with Gasteiger partial charge in [0.05, 0.1) is 74.2 Å². The summed E-state index contributed by atoms with van der Waals surface area (Å²) in [5.41, 5.74) is 0. The van der Waals surface area contributed by atoms with E-state index in [1.54, 1.807) is 0 Å². The third kappa shape index (κ3) is 49.8. The van der Waals surface area contributed by atoms with E-state index in [4.69, 9.17) is 58.2 Å². The molecule has 0 bridgehead atoms. The Balaban J connectivity index is -0.000000690. The molecular formula is C32H52O70S16Y2Zn-8. The van der Waals surface area contributed by atoms with Gasteiger partial charge in [0.1, 0.15) is 50.3 Å². The predicted molar refractivity (Wildman–Crippen MR) is 323 cm³/mol. The van der Waals surface area contributed by atoms with E-state index in [1.165, 1.54) is 0 Å². The summed E-state index contributed by atoms with van der Waals surface area (Å²) in [7, 11) is -65.8. The fourth-order valence-corrected chi connectivity index (χ4v) is 14.2. The summed E-state index contributed by atoms with van der Waals surface area (Å²) in [6.45, 7) is -14.5. The van der Waals surface area contributed by atoms with Gasteiger partial charge in [-0.1, -0.05) is 0 Å². The van der Waals surface area contributed by atoms with Gasteiger partial charge in [0.2, 0.25) is 53.2 Å². The molecule has 18 atom stereocenters. The van der Waals surface area contributed by atoms with Crippen molar-refractivity contribution in [1.82, 2.24) is 0 Å². The second kappa shape index (κ2) is 57.9. The second-order valence-electron chi connectivity index (χ2n) is 19.8. The van der Waals surface area contributed by atoms with Crippen LogP contribution in [0.5, 0.6) is 0 Å². The minimum absolute atomic E-state index is 0. The van der Waals surface area contributed by atoms with Crippen LogP contribution >= 0.6 is 0 Å². The standard InChI is InChI=1S/C20H38O35S8.C12H22O31S4.4OS.2Y.Zn/c1-41-60(33,34)49-10-16-17(54-62(37,38)43-3)18(55-63(39,40)44-4)20(52-16,11-50-61(35,36)42-2)53-19-14(9-48-59(30,31)32)12(7-46-57(24,25)26)13(8-47-58(27,28)29)15(51-19)5-6-45-56(21,22)23;13-40-29-1-4-6(35-41-14)8(36-42-15)9(37-43-16)11(32-4)34-12(3-31-45(20,21)22)10(39-47(26,27)28)7(38-46(23,24)25)5(33-12)2-30-44(17,18)19;4*1-2;;;/h12-19H,5-11H2,1-4H3,(H,21,22,23)(H,24,25,26)(H,27,28,29)(H,30,31,32);4-11,13-16H,1-3H2,(H,17,18,19)(H,20,21,22)(H,23,24,25)(H,26,27,28);;;;;;;/p-8/t12-,13-,14?,15?,16+,17+,18+,19-,20-;4?,5-,6-,7-,8+,9?,10-,11+,12+;;;;;;;/m01......./s1. The van der Waals surface area contributed by atoms with Crippen molar-refractivity contribution in [3.05, 3.63) is 0 Å². The first-order chi connectivity index (χ1) is 54.0. The molecule has 4 aliphatic rings. The van der Waals surface area contributed by atoms with Gasteiger partial charge >= 0.3 is 83.2 Å². The first-order valence-corrected chi connectivity index (χ1v) is 44.7. The maximum atomic E-state index is 12.9. The smallest absolute Gasteiger partial charge is 0.400 e. The third-order valence-electron chi connectivity index (χ3n) is 13.2. The number of hydrogen-bond donors (Lipinski definition) is 4. The van der Waals surface area contributed by atoms with Crippen LogP contribution in [0.25, 0.3) is 0 Å². The Hall–Kier alpha value is 0.631. The molecule has 89 heteroatoms. The van der Waals surface area contributed by atoms with Crippen LogP contribution in [0.1, 0.15) is 6.42 Å². The third-order valence-corrected chi connectivity index (χ3v) is 20.1. The Labute approximate surface area is 765 Å². The maximum absolute atomic E-state index is 12.9. The molecule has 0 spiro atoms. The summed E-state index contributed by atoms with van der Waals surface area (Å²) in [4.78, 5) is 16.7. The molecule has 121 heavy (non-hydrogen) atoms. The Morgan fingerprint density at radius 2 is 0.694 bits per heavy atom. The van der Waals surface area contributed by atoms with Crippen molar-refractivity contribution < 1.29 is 395 Å². The minimum atomic E-state index is -6.28. The van der Waals surface area contributed by atoms with Crippen molar-refractivity contribution in [1.29, 1.82) is 0 Å². The Kier molecular flexibility index (Phi) is 62.3. The van der Waals surface area contributed by atoms with Crippen LogP contribution in [0.15, 0.2) is 0 Å². The SMILES string of the molecule is COS(=O)(=O)OC[C@H]1O[C@@](COS(=O)(=O)OC)(O[C@@H]2OC(CCOS(=O)(=O)O)[C@@H](COS(=O)(=O)O)[C@H](COS(=O)(=O)O)C2COS(=O)(=O)O)[C@H](OS(=O)(=O)OC)[C@@H]1OS(=O)(=O)OC.O=S.O=S.O=S.O=S.O=S(=O)([O-])OC[C@H]1O[C@@](COS(=O)(=O)[O-])(O[C@@H]2OC(COO[O-])[C@@H](OO[O-])[C@H](OO[O-])C2OO[O-])[C@H](OS(=O)(=O)[O-])[C@@H]1OS(=O)(=O)[O-].[Y].[Y].[Zn]. The van der Waals surface area contributed by atoms with Crippen molar-refractivity contribution >= 4 is 175 Å². The summed E-state index contributed by atoms with van der Waals surface area (Å²) in [5, 5.41) is 55.3. The quantitative estimate of drug-likeness (QED) is 0.0144. The zero-order valence-corrected chi connectivity index (χ0v) is 80.1. The van der Waals surface area contributed by atoms with Gasteiger partial charge < -0.3 is 67.7 Å². The monoisotopic (exact) mass is 2310 g/mol. The fourth-order valence-electron chi connectivity index (χ4n) is 9.28. The van der Waals surface area contributed by atoms with Gasteiger partial charge in [0.25, 0.3) is 0 Å². The summed E-state index contributed by atoms with van der Waals surface area (Å²) in [5.74, 6) is -13.8. The topological polar surface area (TPSA) is 1020 Å². The molecule has 70 nitrogen and oxygen atoms in total. The molecule has 4 saturated heterocycles. The van der Waals surface area contributed by atoms with E-state index in [0.717, 1.165) is 0 Å². The fraction of sp³-hybridized carbons (Fsp3) is 1.00. The predicted octanol–water partition coefficient (Wildman–Crippen LogP) is -17.2. The van der Waals surface area contributed by atoms with E-state index in [0.29, 0.717) is 28.4 Å². The number of rotatable bonds is 50. The molecule has 0 aromatic carbocycles. The largest absolute Gasteiger partial charge is 0.726 e. The number of ether oxygens (including phenoxy) is 6. The van der Waals surface area contributed by atoms with Crippen molar-refractivity contribution in [3.8, 4) is 0 Å². The van der Waals surface area contributed by atoms with Gasteiger partial charge in [-0.15, -0.1) is 0 Å². The molecule has 4 aliphatic heterocycles. The van der Waals surface area contributed by atoms with Crippen LogP contribution < -0.4 is 21.0 Å². The maximum Gasteiger partial charge on any atom is 0.400 e. The molecule has 0 amide bonds. The molecular weight excluding hydrogens is 2260 g/mol. The van der Waals surface area contributed by atoms with Gasteiger partial charge in [0, 0.05) is 103 Å². The van der Waals surface area contributed by atoms with Crippen molar-refractivity contribution in [2.24, 2.45) is 17.8 Å². The molecule has 4 rings (SSSR count). The molecule has 4 unspecified atom stereocenters. The van der Waals surface area contributed by atoms with E-state index in [2.05, 4.69) is 148 Å². The Bertz CT molecular complexity index is 4490. The summed E-state index contributed by atoms with van der Waals surface area (Å²) < 4.78 is 500. The van der Waals surface area contributed by atoms with Crippen LogP contribution in [0.2, 0.25) is 0 Å². The van der Waals surface area contributed by atoms with Crippen molar-refractivity contribution in [3.63, 3.8) is 0 Å². The average molecular weight is 2310 g/mol. The zero-order chi connectivity index (χ0) is 92.5. The van der Waals surface area contributed by atoms with Gasteiger partial charge in [0.15, 0.2) is 93.2 Å². The minimum Gasteiger partial charge on any atom is -0.726 e. The molecule has 0 aromatic heterocycles. The van der Waals surface area contributed by atoms with Gasteiger partial charge in [-0.25, -0.2) is 86.7 Å². The normalized spacial score (nSPS) is 27.5. The first-order valence-electron chi connectivity index (χ1n) is 27.3. The first kappa shape index (κ1) is 130. The molecule has 2 radical (unpaired) electrons. The van der Waals surface area contributed by atoms with E-state index in [9.17, 15) is 154 Å².